The van der Waals surface area contributed by atoms with E-state index in [1.165, 1.54) is 12.3 Å². The SMILES string of the molecule is O=C(Nc1ncccc1O)C1CN(Cc2ccc(-n3cccn3)cc2)c2ccccc2O1. The first kappa shape index (κ1) is 19.6. The van der Waals surface area contributed by atoms with Gasteiger partial charge in [0.25, 0.3) is 5.91 Å². The average molecular weight is 427 g/mol. The summed E-state index contributed by atoms with van der Waals surface area (Å²) in [6, 6.07) is 20.7. The van der Waals surface area contributed by atoms with Crippen LogP contribution in [-0.4, -0.2) is 38.4 Å². The number of amides is 1. The van der Waals surface area contributed by atoms with Gasteiger partial charge < -0.3 is 20.1 Å². The van der Waals surface area contributed by atoms with Crippen LogP contribution in [0.1, 0.15) is 5.56 Å². The van der Waals surface area contributed by atoms with Gasteiger partial charge >= 0.3 is 0 Å². The van der Waals surface area contributed by atoms with Gasteiger partial charge in [0.2, 0.25) is 0 Å². The highest BCUT2D eigenvalue weighted by Gasteiger charge is 2.31. The van der Waals surface area contributed by atoms with Gasteiger partial charge in [0.1, 0.15) is 5.75 Å². The molecule has 0 bridgehead atoms. The first-order valence-electron chi connectivity index (χ1n) is 10.2. The molecule has 0 spiro atoms. The minimum atomic E-state index is -0.755. The zero-order chi connectivity index (χ0) is 21.9. The van der Waals surface area contributed by atoms with Crippen molar-refractivity contribution in [1.29, 1.82) is 0 Å². The quantitative estimate of drug-likeness (QED) is 0.507. The number of fused-ring (bicyclic) bond motifs is 1. The normalized spacial score (nSPS) is 15.0. The van der Waals surface area contributed by atoms with Crippen LogP contribution >= 0.6 is 0 Å². The molecule has 1 aliphatic rings. The number of carbonyl (C=O) groups excluding carboxylic acids is 1. The number of aromatic hydroxyl groups is 1. The third-order valence-corrected chi connectivity index (χ3v) is 5.26. The maximum atomic E-state index is 12.9. The lowest BCUT2D eigenvalue weighted by Crippen LogP contribution is -2.46. The molecule has 1 unspecified atom stereocenters. The molecule has 1 aliphatic heterocycles. The predicted molar refractivity (Wildman–Crippen MR) is 120 cm³/mol. The average Bonchev–Trinajstić information content (AvgIpc) is 3.36. The van der Waals surface area contributed by atoms with Crippen LogP contribution in [0.3, 0.4) is 0 Å². The molecule has 3 heterocycles. The zero-order valence-electron chi connectivity index (χ0n) is 17.1. The molecular formula is C24H21N5O3. The second-order valence-electron chi connectivity index (χ2n) is 7.43. The molecule has 2 aromatic heterocycles. The lowest BCUT2D eigenvalue weighted by Gasteiger charge is -2.35. The van der Waals surface area contributed by atoms with Gasteiger partial charge in [0.05, 0.1) is 17.9 Å². The Balaban J connectivity index is 1.35. The Labute approximate surface area is 184 Å². The van der Waals surface area contributed by atoms with E-state index in [1.54, 1.807) is 16.9 Å². The third-order valence-electron chi connectivity index (χ3n) is 5.26. The molecule has 4 aromatic rings. The van der Waals surface area contributed by atoms with E-state index in [1.807, 2.05) is 48.7 Å². The number of nitrogens with zero attached hydrogens (tertiary/aromatic N) is 4. The van der Waals surface area contributed by atoms with Crippen molar-refractivity contribution < 1.29 is 14.6 Å². The summed E-state index contributed by atoms with van der Waals surface area (Å²) >= 11 is 0. The zero-order valence-corrected chi connectivity index (χ0v) is 17.1. The second kappa shape index (κ2) is 8.43. The van der Waals surface area contributed by atoms with Gasteiger partial charge in [-0.25, -0.2) is 9.67 Å². The maximum absolute atomic E-state index is 12.9. The first-order chi connectivity index (χ1) is 15.7. The van der Waals surface area contributed by atoms with Crippen molar-refractivity contribution in [2.45, 2.75) is 12.6 Å². The molecule has 0 saturated heterocycles. The molecule has 0 aliphatic carbocycles. The molecule has 1 amide bonds. The fourth-order valence-electron chi connectivity index (χ4n) is 3.68. The van der Waals surface area contributed by atoms with Gasteiger partial charge in [0.15, 0.2) is 17.7 Å². The lowest BCUT2D eigenvalue weighted by atomic mass is 10.1. The maximum Gasteiger partial charge on any atom is 0.268 e. The van der Waals surface area contributed by atoms with Crippen molar-refractivity contribution in [2.24, 2.45) is 0 Å². The molecule has 160 valence electrons. The Kier molecular flexibility index (Phi) is 5.17. The predicted octanol–water partition coefficient (Wildman–Crippen LogP) is 3.38. The topological polar surface area (TPSA) is 92.5 Å². The number of benzene rings is 2. The van der Waals surface area contributed by atoms with Crippen LogP contribution in [0, 0.1) is 0 Å². The molecule has 8 heteroatoms. The van der Waals surface area contributed by atoms with Crippen molar-refractivity contribution in [3.05, 3.63) is 90.9 Å². The van der Waals surface area contributed by atoms with E-state index in [0.717, 1.165) is 16.9 Å². The van der Waals surface area contributed by atoms with E-state index in [0.29, 0.717) is 18.8 Å². The van der Waals surface area contributed by atoms with Crippen molar-refractivity contribution in [3.63, 3.8) is 0 Å². The molecule has 1 atom stereocenters. The van der Waals surface area contributed by atoms with E-state index in [9.17, 15) is 9.90 Å². The van der Waals surface area contributed by atoms with Crippen LogP contribution in [0.15, 0.2) is 85.3 Å². The highest BCUT2D eigenvalue weighted by molar-refractivity contribution is 5.95. The fraction of sp³-hybridized carbons (Fsp3) is 0.125. The number of hydrogen-bond acceptors (Lipinski definition) is 6. The van der Waals surface area contributed by atoms with E-state index < -0.39 is 6.10 Å². The molecule has 32 heavy (non-hydrogen) atoms. The standard InChI is InChI=1S/C24H21N5O3/c30-20-6-3-12-25-23(20)27-24(31)22-16-28(19-5-1-2-7-21(19)32-22)15-17-8-10-18(11-9-17)29-14-4-13-26-29/h1-14,22,30H,15-16H2,(H,25,27,31). The largest absolute Gasteiger partial charge is 0.504 e. The molecule has 0 radical (unpaired) electrons. The Morgan fingerprint density at radius 1 is 1.06 bits per heavy atom. The number of nitrogens with one attached hydrogen (secondary N) is 1. The summed E-state index contributed by atoms with van der Waals surface area (Å²) in [5.41, 5.74) is 3.00. The third kappa shape index (κ3) is 3.98. The summed E-state index contributed by atoms with van der Waals surface area (Å²) in [4.78, 5) is 19.0. The van der Waals surface area contributed by atoms with E-state index in [4.69, 9.17) is 4.74 Å². The Hall–Kier alpha value is -4.33. The van der Waals surface area contributed by atoms with Crippen LogP contribution < -0.4 is 15.0 Å². The Morgan fingerprint density at radius 2 is 1.91 bits per heavy atom. The van der Waals surface area contributed by atoms with Crippen LogP contribution in [0.25, 0.3) is 5.69 Å². The molecule has 8 nitrogen and oxygen atoms in total. The number of hydrogen-bond donors (Lipinski definition) is 2. The van der Waals surface area contributed by atoms with E-state index in [2.05, 4.69) is 32.4 Å². The van der Waals surface area contributed by atoms with Crippen molar-refractivity contribution in [1.82, 2.24) is 14.8 Å². The summed E-state index contributed by atoms with van der Waals surface area (Å²) in [6.45, 7) is 0.968. The van der Waals surface area contributed by atoms with Gasteiger partial charge in [-0.05, 0) is 48.0 Å². The highest BCUT2D eigenvalue weighted by Crippen LogP contribution is 2.34. The molecule has 0 fully saturated rings. The summed E-state index contributed by atoms with van der Waals surface area (Å²) in [7, 11) is 0. The molecule has 2 N–H and O–H groups in total. The van der Waals surface area contributed by atoms with E-state index in [-0.39, 0.29) is 17.5 Å². The number of anilines is 2. The van der Waals surface area contributed by atoms with E-state index >= 15 is 0 Å². The van der Waals surface area contributed by atoms with Crippen molar-refractivity contribution in [3.8, 4) is 17.2 Å². The molecule has 5 rings (SSSR count). The second-order valence-corrected chi connectivity index (χ2v) is 7.43. The van der Waals surface area contributed by atoms with Crippen LogP contribution in [-0.2, 0) is 11.3 Å². The monoisotopic (exact) mass is 427 g/mol. The Morgan fingerprint density at radius 3 is 2.69 bits per heavy atom. The fourth-order valence-corrected chi connectivity index (χ4v) is 3.68. The number of rotatable bonds is 5. The number of para-hydroxylation sites is 2. The minimum absolute atomic E-state index is 0.0915. The minimum Gasteiger partial charge on any atom is -0.504 e. The molecule has 2 aromatic carbocycles. The molecule has 0 saturated carbocycles. The summed E-state index contributed by atoms with van der Waals surface area (Å²) in [6.07, 6.45) is 4.39. The first-order valence-corrected chi connectivity index (χ1v) is 10.2. The van der Waals surface area contributed by atoms with Gasteiger partial charge in [-0.3, -0.25) is 4.79 Å². The van der Waals surface area contributed by atoms with Crippen LogP contribution in [0.5, 0.6) is 11.5 Å². The van der Waals surface area contributed by atoms with Crippen molar-refractivity contribution in [2.75, 3.05) is 16.8 Å². The number of pyridine rings is 1. The van der Waals surface area contributed by atoms with Crippen LogP contribution in [0.2, 0.25) is 0 Å². The van der Waals surface area contributed by atoms with Gasteiger partial charge in [-0.15, -0.1) is 0 Å². The van der Waals surface area contributed by atoms with Crippen molar-refractivity contribution >= 4 is 17.4 Å². The highest BCUT2D eigenvalue weighted by atomic mass is 16.5. The van der Waals surface area contributed by atoms with Gasteiger partial charge in [0, 0.05) is 25.1 Å². The summed E-state index contributed by atoms with van der Waals surface area (Å²) < 4.78 is 7.77. The van der Waals surface area contributed by atoms with Gasteiger partial charge in [-0.2, -0.15) is 5.10 Å². The van der Waals surface area contributed by atoms with Crippen LogP contribution in [0.4, 0.5) is 11.5 Å². The smallest absolute Gasteiger partial charge is 0.268 e. The number of aromatic nitrogens is 3. The van der Waals surface area contributed by atoms with Gasteiger partial charge in [-0.1, -0.05) is 24.3 Å². The number of ether oxygens (including phenoxy) is 1. The summed E-state index contributed by atoms with van der Waals surface area (Å²) in [5, 5.41) is 16.8. The molecular weight excluding hydrogens is 406 g/mol. The summed E-state index contributed by atoms with van der Waals surface area (Å²) in [5.74, 6) is 0.289. The number of carbonyl (C=O) groups is 1. The Bertz CT molecular complexity index is 1220. The lowest BCUT2D eigenvalue weighted by molar-refractivity contribution is -0.122.